The van der Waals surface area contributed by atoms with Crippen LogP contribution in [0, 0.1) is 0 Å². The van der Waals surface area contributed by atoms with Gasteiger partial charge >= 0.3 is 0 Å². The van der Waals surface area contributed by atoms with Gasteiger partial charge in [-0.15, -0.1) is 0 Å². The van der Waals surface area contributed by atoms with Crippen LogP contribution >= 0.6 is 34.8 Å². The number of nitrogens with zero attached hydrogens (tertiary/aromatic N) is 3. The van der Waals surface area contributed by atoms with E-state index in [9.17, 15) is 9.59 Å². The van der Waals surface area contributed by atoms with Crippen molar-refractivity contribution in [2.75, 3.05) is 5.32 Å². The number of halogens is 3. The van der Waals surface area contributed by atoms with Crippen LogP contribution in [0.1, 0.15) is 15.9 Å². The van der Waals surface area contributed by atoms with E-state index in [0.717, 1.165) is 5.56 Å². The Morgan fingerprint density at radius 3 is 2.43 bits per heavy atom. The molecule has 0 radical (unpaired) electrons. The van der Waals surface area contributed by atoms with Gasteiger partial charge in [0.2, 0.25) is 5.95 Å². The summed E-state index contributed by atoms with van der Waals surface area (Å²) in [5.41, 5.74) is 1.57. The largest absolute Gasteiger partial charge is 0.326 e. The SMILES string of the molecule is O=C(Nc1ncccn1)C(=O)c1c(Cl)n(Cc2ccc(Cl)cc2Cl)c2ccccc12. The summed E-state index contributed by atoms with van der Waals surface area (Å²) in [7, 11) is 0. The van der Waals surface area contributed by atoms with Crippen LogP contribution in [-0.4, -0.2) is 26.2 Å². The molecule has 2 aromatic heterocycles. The number of para-hydroxylation sites is 1. The highest BCUT2D eigenvalue weighted by molar-refractivity contribution is 6.51. The maximum Gasteiger partial charge on any atom is 0.299 e. The van der Waals surface area contributed by atoms with Crippen molar-refractivity contribution in [1.82, 2.24) is 14.5 Å². The number of hydrogen-bond acceptors (Lipinski definition) is 4. The number of ketones is 1. The maximum atomic E-state index is 13.0. The highest BCUT2D eigenvalue weighted by Crippen LogP contribution is 2.33. The van der Waals surface area contributed by atoms with Gasteiger partial charge in [-0.1, -0.05) is 59.1 Å². The van der Waals surface area contributed by atoms with E-state index in [0.29, 0.717) is 27.5 Å². The van der Waals surface area contributed by atoms with Crippen molar-refractivity contribution in [2.45, 2.75) is 6.54 Å². The highest BCUT2D eigenvalue weighted by Gasteiger charge is 2.27. The minimum Gasteiger partial charge on any atom is -0.326 e. The molecule has 1 amide bonds. The molecule has 0 fully saturated rings. The van der Waals surface area contributed by atoms with Crippen LogP contribution in [0.15, 0.2) is 60.9 Å². The molecule has 0 bridgehead atoms. The topological polar surface area (TPSA) is 76.9 Å². The smallest absolute Gasteiger partial charge is 0.299 e. The predicted molar refractivity (Wildman–Crippen MR) is 118 cm³/mol. The van der Waals surface area contributed by atoms with E-state index in [4.69, 9.17) is 34.8 Å². The molecule has 0 aliphatic carbocycles. The van der Waals surface area contributed by atoms with Crippen LogP contribution in [0.3, 0.4) is 0 Å². The molecule has 2 heterocycles. The van der Waals surface area contributed by atoms with Crippen LogP contribution in [0.25, 0.3) is 10.9 Å². The number of carbonyl (C=O) groups excluding carboxylic acids is 2. The summed E-state index contributed by atoms with van der Waals surface area (Å²) in [5.74, 6) is -1.64. The molecule has 6 nitrogen and oxygen atoms in total. The molecule has 4 rings (SSSR count). The Morgan fingerprint density at radius 2 is 1.70 bits per heavy atom. The van der Waals surface area contributed by atoms with Gasteiger partial charge in [-0.05, 0) is 29.8 Å². The fourth-order valence-corrected chi connectivity index (χ4v) is 3.91. The van der Waals surface area contributed by atoms with Crippen LogP contribution < -0.4 is 5.32 Å². The molecule has 9 heteroatoms. The van der Waals surface area contributed by atoms with Crippen molar-refractivity contribution >= 4 is 63.3 Å². The molecule has 0 unspecified atom stereocenters. The summed E-state index contributed by atoms with van der Waals surface area (Å²) >= 11 is 18.9. The van der Waals surface area contributed by atoms with Crippen LogP contribution in [0.5, 0.6) is 0 Å². The number of rotatable bonds is 5. The molecule has 30 heavy (non-hydrogen) atoms. The second-order valence-electron chi connectivity index (χ2n) is 6.36. The number of aromatic nitrogens is 3. The van der Waals surface area contributed by atoms with Crippen LogP contribution in [0.2, 0.25) is 15.2 Å². The van der Waals surface area contributed by atoms with E-state index in [1.807, 2.05) is 12.1 Å². The molecule has 0 aliphatic heterocycles. The zero-order valence-electron chi connectivity index (χ0n) is 15.3. The highest BCUT2D eigenvalue weighted by atomic mass is 35.5. The van der Waals surface area contributed by atoms with Crippen LogP contribution in [-0.2, 0) is 11.3 Å². The molecule has 1 N–H and O–H groups in total. The maximum absolute atomic E-state index is 13.0. The lowest BCUT2D eigenvalue weighted by Crippen LogP contribution is -2.24. The Balaban J connectivity index is 1.75. The van der Waals surface area contributed by atoms with Crippen LogP contribution in [0.4, 0.5) is 5.95 Å². The first-order valence-electron chi connectivity index (χ1n) is 8.79. The summed E-state index contributed by atoms with van der Waals surface area (Å²) in [6.07, 6.45) is 2.92. The van der Waals surface area contributed by atoms with Gasteiger partial charge in [-0.2, -0.15) is 0 Å². The number of benzene rings is 2. The number of hydrogen-bond donors (Lipinski definition) is 1. The third kappa shape index (κ3) is 3.89. The molecular weight excluding hydrogens is 447 g/mol. The average molecular weight is 460 g/mol. The lowest BCUT2D eigenvalue weighted by Gasteiger charge is -2.09. The third-order valence-corrected chi connectivity index (χ3v) is 5.46. The number of nitrogens with one attached hydrogen (secondary N) is 1. The van der Waals surface area contributed by atoms with E-state index in [1.54, 1.807) is 41.0 Å². The van der Waals surface area contributed by atoms with Gasteiger partial charge in [-0.25, -0.2) is 9.97 Å². The first-order valence-corrected chi connectivity index (χ1v) is 9.92. The van der Waals surface area contributed by atoms with E-state index in [1.165, 1.54) is 12.4 Å². The Labute approximate surface area is 186 Å². The summed E-state index contributed by atoms with van der Waals surface area (Å²) < 4.78 is 1.73. The number of amides is 1. The lowest BCUT2D eigenvalue weighted by atomic mass is 10.1. The standard InChI is InChI=1S/C21H13Cl3N4O2/c22-13-7-6-12(15(23)10-13)11-28-16-5-2-1-4-14(16)17(19(28)24)18(29)20(30)27-21-25-8-3-9-26-21/h1-10H,11H2,(H,25,26,27,30). The van der Waals surface area contributed by atoms with E-state index >= 15 is 0 Å². The molecule has 0 saturated carbocycles. The van der Waals surface area contributed by atoms with Crippen molar-refractivity contribution in [2.24, 2.45) is 0 Å². The zero-order chi connectivity index (χ0) is 21.3. The van der Waals surface area contributed by atoms with Crippen molar-refractivity contribution in [3.05, 3.63) is 87.2 Å². The lowest BCUT2D eigenvalue weighted by molar-refractivity contribution is -0.112. The molecule has 0 aliphatic rings. The second-order valence-corrected chi connectivity index (χ2v) is 7.56. The first-order chi connectivity index (χ1) is 14.5. The Morgan fingerprint density at radius 1 is 0.967 bits per heavy atom. The fourth-order valence-electron chi connectivity index (χ4n) is 3.10. The van der Waals surface area contributed by atoms with Gasteiger partial charge in [0.05, 0.1) is 17.6 Å². The summed E-state index contributed by atoms with van der Waals surface area (Å²) in [5, 5.41) is 4.08. The number of anilines is 1. The average Bonchev–Trinajstić information content (AvgIpc) is 3.01. The van der Waals surface area contributed by atoms with Crippen molar-refractivity contribution in [3.8, 4) is 0 Å². The molecular formula is C21H13Cl3N4O2. The van der Waals surface area contributed by atoms with Gasteiger partial charge in [0.15, 0.2) is 0 Å². The summed E-state index contributed by atoms with van der Waals surface area (Å²) in [4.78, 5) is 33.3. The minimum absolute atomic E-state index is 0.0312. The summed E-state index contributed by atoms with van der Waals surface area (Å²) in [6.45, 7) is 0.298. The number of fused-ring (bicyclic) bond motifs is 1. The molecule has 2 aromatic carbocycles. The molecule has 0 saturated heterocycles. The van der Waals surface area contributed by atoms with E-state index in [-0.39, 0.29) is 16.7 Å². The predicted octanol–water partition coefficient (Wildman–Crippen LogP) is 5.26. The van der Waals surface area contributed by atoms with Gasteiger partial charge in [0, 0.05) is 27.8 Å². The van der Waals surface area contributed by atoms with E-state index in [2.05, 4.69) is 15.3 Å². The Hall–Kier alpha value is -2.93. The van der Waals surface area contributed by atoms with Gasteiger partial charge < -0.3 is 4.57 Å². The van der Waals surface area contributed by atoms with Crippen molar-refractivity contribution < 1.29 is 9.59 Å². The molecule has 4 aromatic rings. The number of carbonyl (C=O) groups is 2. The first kappa shape index (κ1) is 20.3. The Bertz CT molecular complexity index is 1270. The second kappa shape index (κ2) is 8.44. The zero-order valence-corrected chi connectivity index (χ0v) is 17.5. The Kier molecular flexibility index (Phi) is 5.72. The van der Waals surface area contributed by atoms with Gasteiger partial charge in [-0.3, -0.25) is 14.9 Å². The summed E-state index contributed by atoms with van der Waals surface area (Å²) in [6, 6.07) is 13.9. The normalized spacial score (nSPS) is 10.9. The fraction of sp³-hybridized carbons (Fsp3) is 0.0476. The molecule has 150 valence electrons. The third-order valence-electron chi connectivity index (χ3n) is 4.48. The monoisotopic (exact) mass is 458 g/mol. The van der Waals surface area contributed by atoms with Gasteiger partial charge in [0.1, 0.15) is 5.15 Å². The van der Waals surface area contributed by atoms with Gasteiger partial charge in [0.25, 0.3) is 11.7 Å². The van der Waals surface area contributed by atoms with Crippen molar-refractivity contribution in [1.29, 1.82) is 0 Å². The van der Waals surface area contributed by atoms with E-state index < -0.39 is 11.7 Å². The molecule has 0 spiro atoms. The number of Topliss-reactive ketones (excluding diaryl/α,β-unsaturated/α-hetero) is 1. The minimum atomic E-state index is -0.879. The molecule has 0 atom stereocenters. The van der Waals surface area contributed by atoms with Crippen molar-refractivity contribution in [3.63, 3.8) is 0 Å². The quantitative estimate of drug-likeness (QED) is 0.326.